The highest BCUT2D eigenvalue weighted by Gasteiger charge is 2.12. The topological polar surface area (TPSA) is 12.0 Å². The Hall–Kier alpha value is -1.05. The smallest absolute Gasteiger partial charge is 0.123 e. The molecule has 0 bridgehead atoms. The molecule has 0 saturated carbocycles. The van der Waals surface area contributed by atoms with Crippen molar-refractivity contribution in [1.29, 1.82) is 0 Å². The molecule has 1 N–H and O–H groups in total. The van der Waals surface area contributed by atoms with Crippen LogP contribution in [0.5, 0.6) is 0 Å². The highest BCUT2D eigenvalue weighted by Crippen LogP contribution is 2.19. The number of halogens is 1. The summed E-state index contributed by atoms with van der Waals surface area (Å²) in [5.41, 5.74) is 1.01. The van der Waals surface area contributed by atoms with Gasteiger partial charge in [0.25, 0.3) is 0 Å². The van der Waals surface area contributed by atoms with Gasteiger partial charge in [0.15, 0.2) is 0 Å². The van der Waals surface area contributed by atoms with Gasteiger partial charge >= 0.3 is 0 Å². The van der Waals surface area contributed by atoms with Crippen LogP contribution < -0.4 is 5.32 Å². The second-order valence-corrected chi connectivity index (χ2v) is 5.61. The Bertz CT molecular complexity index is 306. The third-order valence-corrected chi connectivity index (χ3v) is 2.73. The first-order valence-corrected chi connectivity index (χ1v) is 6.49. The molecule has 0 spiro atoms. The molecule has 0 heterocycles. The normalized spacial score (nSPS) is 11.5. The molecule has 1 nitrogen and oxygen atoms in total. The molecule has 0 radical (unpaired) electrons. The second-order valence-electron chi connectivity index (χ2n) is 5.61. The third kappa shape index (κ3) is 5.71. The van der Waals surface area contributed by atoms with Crippen molar-refractivity contribution in [3.63, 3.8) is 0 Å². The summed E-state index contributed by atoms with van der Waals surface area (Å²) in [7, 11) is 0. The number of anilines is 1. The maximum Gasteiger partial charge on any atom is 0.123 e. The lowest BCUT2D eigenvalue weighted by atomic mass is 9.95. The summed E-state index contributed by atoms with van der Waals surface area (Å²) in [5, 5.41) is 3.50. The average molecular weight is 237 g/mol. The fraction of sp³-hybridized carbons (Fsp3) is 0.600. The molecular formula is C15H24FN. The number of nitrogens with one attached hydrogen (secondary N) is 1. The minimum Gasteiger partial charge on any atom is -0.382 e. The van der Waals surface area contributed by atoms with Gasteiger partial charge in [-0.3, -0.25) is 0 Å². The molecule has 0 atom stereocenters. The van der Waals surface area contributed by atoms with Crippen LogP contribution in [-0.2, 0) is 0 Å². The van der Waals surface area contributed by atoms with E-state index < -0.39 is 0 Å². The van der Waals surface area contributed by atoms with Gasteiger partial charge in [-0.15, -0.1) is 0 Å². The monoisotopic (exact) mass is 237 g/mol. The molecule has 1 rings (SSSR count). The van der Waals surface area contributed by atoms with Crippen LogP contribution in [0.25, 0.3) is 0 Å². The van der Waals surface area contributed by atoms with E-state index >= 15 is 0 Å². The van der Waals surface area contributed by atoms with Crippen molar-refractivity contribution in [2.75, 3.05) is 5.32 Å². The summed E-state index contributed by atoms with van der Waals surface area (Å²) in [6.45, 7) is 8.94. The molecule has 0 amide bonds. The largest absolute Gasteiger partial charge is 0.382 e. The Morgan fingerprint density at radius 2 is 1.41 bits per heavy atom. The van der Waals surface area contributed by atoms with Crippen LogP contribution >= 0.6 is 0 Å². The summed E-state index contributed by atoms with van der Waals surface area (Å²) in [6, 6.07) is 7.10. The zero-order chi connectivity index (χ0) is 12.8. The predicted molar refractivity (Wildman–Crippen MR) is 72.7 cm³/mol. The van der Waals surface area contributed by atoms with E-state index in [1.807, 2.05) is 12.1 Å². The Morgan fingerprint density at radius 1 is 0.941 bits per heavy atom. The van der Waals surface area contributed by atoms with Crippen molar-refractivity contribution >= 4 is 5.69 Å². The first-order valence-electron chi connectivity index (χ1n) is 6.49. The molecule has 0 aliphatic heterocycles. The minimum absolute atomic E-state index is 0.181. The Labute approximate surface area is 104 Å². The van der Waals surface area contributed by atoms with Gasteiger partial charge < -0.3 is 5.32 Å². The average Bonchev–Trinajstić information content (AvgIpc) is 2.19. The summed E-state index contributed by atoms with van der Waals surface area (Å²) in [4.78, 5) is 0. The summed E-state index contributed by atoms with van der Waals surface area (Å²) in [6.07, 6.45) is 2.30. The lowest BCUT2D eigenvalue weighted by Crippen LogP contribution is -2.23. The van der Waals surface area contributed by atoms with Gasteiger partial charge in [0, 0.05) is 11.7 Å². The van der Waals surface area contributed by atoms with Gasteiger partial charge in [0.1, 0.15) is 5.82 Å². The van der Waals surface area contributed by atoms with E-state index in [-0.39, 0.29) is 5.82 Å². The fourth-order valence-electron chi connectivity index (χ4n) is 2.13. The van der Waals surface area contributed by atoms with E-state index in [9.17, 15) is 4.39 Å². The van der Waals surface area contributed by atoms with Gasteiger partial charge in [-0.1, -0.05) is 27.7 Å². The highest BCUT2D eigenvalue weighted by molar-refractivity contribution is 5.43. The Morgan fingerprint density at radius 3 is 1.82 bits per heavy atom. The Balaban J connectivity index is 2.61. The molecule has 17 heavy (non-hydrogen) atoms. The first kappa shape index (κ1) is 14.0. The van der Waals surface area contributed by atoms with Crippen LogP contribution in [0.2, 0.25) is 0 Å². The second kappa shape index (κ2) is 6.63. The lowest BCUT2D eigenvalue weighted by molar-refractivity contribution is 0.442. The van der Waals surface area contributed by atoms with Gasteiger partial charge in [0.2, 0.25) is 0 Å². The summed E-state index contributed by atoms with van der Waals surface area (Å²) < 4.78 is 12.8. The predicted octanol–water partition coefficient (Wildman–Crippen LogP) is 4.70. The van der Waals surface area contributed by atoms with Crippen LogP contribution in [-0.4, -0.2) is 6.04 Å². The molecule has 96 valence electrons. The summed E-state index contributed by atoms with van der Waals surface area (Å²) in [5.74, 6) is 1.17. The number of hydrogen-bond acceptors (Lipinski definition) is 1. The number of benzene rings is 1. The van der Waals surface area contributed by atoms with Gasteiger partial charge in [-0.2, -0.15) is 0 Å². The van der Waals surface area contributed by atoms with Crippen LogP contribution in [0.4, 0.5) is 10.1 Å². The number of hydrogen-bond donors (Lipinski definition) is 1. The van der Waals surface area contributed by atoms with Crippen LogP contribution in [0.1, 0.15) is 40.5 Å². The van der Waals surface area contributed by atoms with E-state index in [4.69, 9.17) is 0 Å². The van der Waals surface area contributed by atoms with Crippen LogP contribution in [0.3, 0.4) is 0 Å². The quantitative estimate of drug-likeness (QED) is 0.756. The minimum atomic E-state index is -0.181. The molecule has 1 aromatic rings. The molecule has 0 aliphatic rings. The standard InChI is InChI=1S/C15H24FN/c1-11(2)9-15(10-12(3)4)17-14-7-5-13(16)6-8-14/h5-8,11-12,15,17H,9-10H2,1-4H3. The van der Waals surface area contributed by atoms with E-state index in [1.165, 1.54) is 12.1 Å². The summed E-state index contributed by atoms with van der Waals surface area (Å²) >= 11 is 0. The molecule has 0 aromatic heterocycles. The molecule has 0 aliphatic carbocycles. The van der Waals surface area contributed by atoms with Crippen LogP contribution in [0, 0.1) is 17.7 Å². The zero-order valence-corrected chi connectivity index (χ0v) is 11.3. The van der Waals surface area contributed by atoms with Gasteiger partial charge in [0.05, 0.1) is 0 Å². The lowest BCUT2D eigenvalue weighted by Gasteiger charge is -2.23. The maximum atomic E-state index is 12.8. The van der Waals surface area contributed by atoms with Gasteiger partial charge in [-0.25, -0.2) is 4.39 Å². The SMILES string of the molecule is CC(C)CC(CC(C)C)Nc1ccc(F)cc1. The van der Waals surface area contributed by atoms with Crippen molar-refractivity contribution in [3.05, 3.63) is 30.1 Å². The molecule has 0 unspecified atom stereocenters. The van der Waals surface area contributed by atoms with Crippen molar-refractivity contribution < 1.29 is 4.39 Å². The van der Waals surface area contributed by atoms with Gasteiger partial charge in [-0.05, 0) is 48.9 Å². The van der Waals surface area contributed by atoms with Crippen molar-refractivity contribution in [2.45, 2.75) is 46.6 Å². The molecular weight excluding hydrogens is 213 g/mol. The van der Waals surface area contributed by atoms with Crippen LogP contribution in [0.15, 0.2) is 24.3 Å². The van der Waals surface area contributed by atoms with E-state index in [2.05, 4.69) is 33.0 Å². The number of rotatable bonds is 6. The molecule has 0 fully saturated rings. The maximum absolute atomic E-state index is 12.8. The van der Waals surface area contributed by atoms with Crippen molar-refractivity contribution in [2.24, 2.45) is 11.8 Å². The zero-order valence-electron chi connectivity index (χ0n) is 11.3. The van der Waals surface area contributed by atoms with Crippen molar-refractivity contribution in [1.82, 2.24) is 0 Å². The van der Waals surface area contributed by atoms with E-state index in [1.54, 1.807) is 0 Å². The van der Waals surface area contributed by atoms with E-state index in [0.29, 0.717) is 17.9 Å². The molecule has 1 aromatic carbocycles. The first-order chi connectivity index (χ1) is 7.97. The molecule has 0 saturated heterocycles. The Kier molecular flexibility index (Phi) is 5.46. The van der Waals surface area contributed by atoms with Crippen molar-refractivity contribution in [3.8, 4) is 0 Å². The van der Waals surface area contributed by atoms with E-state index in [0.717, 1.165) is 18.5 Å². The highest BCUT2D eigenvalue weighted by atomic mass is 19.1. The molecule has 2 heteroatoms. The third-order valence-electron chi connectivity index (χ3n) is 2.73. The fourth-order valence-corrected chi connectivity index (χ4v) is 2.13.